The van der Waals surface area contributed by atoms with E-state index in [1.165, 1.54) is 12.1 Å². The molecule has 1 aromatic rings. The Morgan fingerprint density at radius 1 is 1.23 bits per heavy atom. The van der Waals surface area contributed by atoms with Gasteiger partial charge in [0.15, 0.2) is 12.6 Å². The molecule has 0 aliphatic rings. The lowest BCUT2D eigenvalue weighted by Gasteiger charge is -2.03. The first-order valence-corrected chi connectivity index (χ1v) is 4.74. The van der Waals surface area contributed by atoms with Crippen molar-refractivity contribution in [1.82, 2.24) is 0 Å². The molecule has 0 radical (unpaired) electrons. The van der Waals surface area contributed by atoms with Gasteiger partial charge in [0.25, 0.3) is 0 Å². The fourth-order valence-corrected chi connectivity index (χ4v) is 1.63. The van der Waals surface area contributed by atoms with Gasteiger partial charge in [-0.2, -0.15) is 0 Å². The summed E-state index contributed by atoms with van der Waals surface area (Å²) >= 11 is 1.11. The van der Waals surface area contributed by atoms with E-state index in [2.05, 4.69) is 0 Å². The molecule has 0 aliphatic heterocycles. The van der Waals surface area contributed by atoms with Crippen LogP contribution in [0.4, 0.5) is 4.39 Å². The third kappa shape index (κ3) is 1.78. The quantitative estimate of drug-likeness (QED) is 0.551. The zero-order chi connectivity index (χ0) is 9.84. The lowest BCUT2D eigenvalue weighted by Crippen LogP contribution is -1.95. The minimum Gasteiger partial charge on any atom is -0.298 e. The largest absolute Gasteiger partial charge is 0.298 e. The Morgan fingerprint density at radius 2 is 1.77 bits per heavy atom. The van der Waals surface area contributed by atoms with Crippen LogP contribution in [0.15, 0.2) is 17.0 Å². The summed E-state index contributed by atoms with van der Waals surface area (Å²) in [4.78, 5) is 21.0. The second kappa shape index (κ2) is 4.18. The molecular weight excluding hydrogens is 191 g/mol. The van der Waals surface area contributed by atoms with Crippen molar-refractivity contribution in [1.29, 1.82) is 0 Å². The smallest absolute Gasteiger partial charge is 0.153 e. The van der Waals surface area contributed by atoms with Crippen molar-refractivity contribution in [3.63, 3.8) is 0 Å². The first kappa shape index (κ1) is 9.92. The number of rotatable bonds is 3. The highest BCUT2D eigenvalue weighted by Crippen LogP contribution is 2.24. The van der Waals surface area contributed by atoms with E-state index in [0.29, 0.717) is 12.6 Å². The SMILES string of the molecule is CSc1c(C=O)ccc(C=O)c1F. The van der Waals surface area contributed by atoms with Crippen LogP contribution in [0, 0.1) is 5.82 Å². The summed E-state index contributed by atoms with van der Waals surface area (Å²) in [5.74, 6) is -0.618. The highest BCUT2D eigenvalue weighted by Gasteiger charge is 2.11. The lowest BCUT2D eigenvalue weighted by molar-refractivity contribution is 0.110. The Balaban J connectivity index is 3.39. The minimum absolute atomic E-state index is 0.0186. The van der Waals surface area contributed by atoms with Crippen LogP contribution in [0.1, 0.15) is 20.7 Å². The van der Waals surface area contributed by atoms with Crippen LogP contribution in [0.25, 0.3) is 0 Å². The Kier molecular flexibility index (Phi) is 3.19. The molecule has 0 aliphatic carbocycles. The number of thioether (sulfide) groups is 1. The molecular formula is C9H7FO2S. The molecule has 2 nitrogen and oxygen atoms in total. The van der Waals surface area contributed by atoms with Crippen molar-refractivity contribution in [3.05, 3.63) is 29.1 Å². The van der Waals surface area contributed by atoms with Crippen LogP contribution >= 0.6 is 11.8 Å². The summed E-state index contributed by atoms with van der Waals surface area (Å²) in [6.07, 6.45) is 2.66. The van der Waals surface area contributed by atoms with Crippen molar-refractivity contribution in [2.24, 2.45) is 0 Å². The maximum atomic E-state index is 13.3. The minimum atomic E-state index is -0.618. The number of hydrogen-bond donors (Lipinski definition) is 0. The molecule has 0 saturated heterocycles. The van der Waals surface area contributed by atoms with E-state index in [1.807, 2.05) is 0 Å². The Morgan fingerprint density at radius 3 is 2.23 bits per heavy atom. The zero-order valence-electron chi connectivity index (χ0n) is 6.91. The highest BCUT2D eigenvalue weighted by atomic mass is 32.2. The molecule has 68 valence electrons. The molecule has 1 rings (SSSR count). The van der Waals surface area contributed by atoms with E-state index in [4.69, 9.17) is 0 Å². The highest BCUT2D eigenvalue weighted by molar-refractivity contribution is 7.98. The monoisotopic (exact) mass is 198 g/mol. The number of benzene rings is 1. The fraction of sp³-hybridized carbons (Fsp3) is 0.111. The van der Waals surface area contributed by atoms with E-state index in [1.54, 1.807) is 6.26 Å². The summed E-state index contributed by atoms with van der Waals surface area (Å²) < 4.78 is 13.3. The summed E-state index contributed by atoms with van der Waals surface area (Å²) in [6.45, 7) is 0. The maximum Gasteiger partial charge on any atom is 0.153 e. The number of carbonyl (C=O) groups excluding carboxylic acids is 2. The Bertz CT molecular complexity index is 350. The zero-order valence-corrected chi connectivity index (χ0v) is 7.73. The number of hydrogen-bond acceptors (Lipinski definition) is 3. The van der Waals surface area contributed by atoms with Crippen molar-refractivity contribution in [2.75, 3.05) is 6.26 Å². The van der Waals surface area contributed by atoms with E-state index in [9.17, 15) is 14.0 Å². The molecule has 0 N–H and O–H groups in total. The van der Waals surface area contributed by atoms with Crippen LogP contribution in [0.2, 0.25) is 0 Å². The van der Waals surface area contributed by atoms with Gasteiger partial charge in [-0.3, -0.25) is 9.59 Å². The van der Waals surface area contributed by atoms with E-state index in [-0.39, 0.29) is 16.0 Å². The summed E-state index contributed by atoms with van der Waals surface area (Å²) in [6, 6.07) is 2.73. The van der Waals surface area contributed by atoms with Crippen molar-refractivity contribution < 1.29 is 14.0 Å². The predicted molar refractivity (Wildman–Crippen MR) is 49.0 cm³/mol. The number of aldehydes is 2. The molecule has 0 fully saturated rings. The molecule has 0 heterocycles. The average Bonchev–Trinajstić information content (AvgIpc) is 2.17. The first-order chi connectivity index (χ1) is 6.24. The summed E-state index contributed by atoms with van der Waals surface area (Å²) in [7, 11) is 0. The van der Waals surface area contributed by atoms with Crippen LogP contribution in [-0.4, -0.2) is 18.8 Å². The van der Waals surface area contributed by atoms with Crippen molar-refractivity contribution >= 4 is 24.3 Å². The van der Waals surface area contributed by atoms with Gasteiger partial charge in [0, 0.05) is 5.56 Å². The lowest BCUT2D eigenvalue weighted by atomic mass is 10.1. The van der Waals surface area contributed by atoms with Gasteiger partial charge in [-0.05, 0) is 18.4 Å². The molecule has 0 amide bonds. The fourth-order valence-electron chi connectivity index (χ4n) is 0.978. The van der Waals surface area contributed by atoms with Gasteiger partial charge in [0.2, 0.25) is 0 Å². The second-order valence-electron chi connectivity index (χ2n) is 2.33. The maximum absolute atomic E-state index is 13.3. The van der Waals surface area contributed by atoms with Gasteiger partial charge >= 0.3 is 0 Å². The van der Waals surface area contributed by atoms with Gasteiger partial charge in [0.05, 0.1) is 10.5 Å². The van der Waals surface area contributed by atoms with Gasteiger partial charge in [-0.15, -0.1) is 11.8 Å². The van der Waals surface area contributed by atoms with Crippen LogP contribution in [-0.2, 0) is 0 Å². The third-order valence-corrected chi connectivity index (χ3v) is 2.44. The molecule has 0 spiro atoms. The van der Waals surface area contributed by atoms with Crippen molar-refractivity contribution in [3.8, 4) is 0 Å². The molecule has 0 bridgehead atoms. The summed E-state index contributed by atoms with van der Waals surface area (Å²) in [5.41, 5.74) is 0.255. The second-order valence-corrected chi connectivity index (χ2v) is 3.14. The average molecular weight is 198 g/mol. The van der Waals surface area contributed by atoms with E-state index in [0.717, 1.165) is 11.8 Å². The van der Waals surface area contributed by atoms with Gasteiger partial charge in [-0.1, -0.05) is 0 Å². The number of halogens is 1. The summed E-state index contributed by atoms with van der Waals surface area (Å²) in [5, 5.41) is 0. The molecule has 0 saturated carbocycles. The van der Waals surface area contributed by atoms with Gasteiger partial charge in [-0.25, -0.2) is 4.39 Å². The Hall–Kier alpha value is -1.16. The first-order valence-electron chi connectivity index (χ1n) is 3.51. The third-order valence-electron chi connectivity index (χ3n) is 1.62. The number of carbonyl (C=O) groups is 2. The molecule has 13 heavy (non-hydrogen) atoms. The Labute approximate surface area is 79.1 Å². The predicted octanol–water partition coefficient (Wildman–Crippen LogP) is 2.17. The van der Waals surface area contributed by atoms with E-state index >= 15 is 0 Å². The molecule has 1 aromatic carbocycles. The van der Waals surface area contributed by atoms with Gasteiger partial charge < -0.3 is 0 Å². The van der Waals surface area contributed by atoms with E-state index < -0.39 is 5.82 Å². The molecule has 0 aromatic heterocycles. The van der Waals surface area contributed by atoms with Crippen LogP contribution in [0.3, 0.4) is 0 Å². The van der Waals surface area contributed by atoms with Crippen LogP contribution < -0.4 is 0 Å². The normalized spacial score (nSPS) is 9.69. The molecule has 0 unspecified atom stereocenters. The van der Waals surface area contributed by atoms with Gasteiger partial charge in [0.1, 0.15) is 5.82 Å². The van der Waals surface area contributed by atoms with Crippen LogP contribution in [0.5, 0.6) is 0 Å². The van der Waals surface area contributed by atoms with Crippen molar-refractivity contribution in [2.45, 2.75) is 4.90 Å². The topological polar surface area (TPSA) is 34.1 Å². The molecule has 0 atom stereocenters. The standard InChI is InChI=1S/C9H7FO2S/c1-13-9-7(5-12)3-2-6(4-11)8(9)10/h2-5H,1H3. The molecule has 4 heteroatoms.